The third-order valence-corrected chi connectivity index (χ3v) is 8.19. The summed E-state index contributed by atoms with van der Waals surface area (Å²) in [6.07, 6.45) is 0. The van der Waals surface area contributed by atoms with E-state index in [4.69, 9.17) is 16.0 Å². The molecule has 6 nitrogen and oxygen atoms in total. The van der Waals surface area contributed by atoms with E-state index in [0.717, 1.165) is 23.2 Å². The molecule has 0 radical (unpaired) electrons. The van der Waals surface area contributed by atoms with E-state index in [-0.39, 0.29) is 21.7 Å². The molecule has 0 saturated carbocycles. The van der Waals surface area contributed by atoms with Gasteiger partial charge in [-0.15, -0.1) is 0 Å². The normalized spacial score (nSPS) is 14.4. The number of nitrogens with zero attached hydrogens (tertiary/aromatic N) is 3. The van der Waals surface area contributed by atoms with Gasteiger partial charge in [0.2, 0.25) is 26.6 Å². The SMILES string of the molecule is O=S(=O)(c1ccc(Br)cc1)c1nc(-c2ccc(Cl)cc2)oc1N1CCN(c2ccccc2)CC1. The zero-order valence-electron chi connectivity index (χ0n) is 18.1. The molecule has 1 saturated heterocycles. The number of aromatic nitrogens is 1. The van der Waals surface area contributed by atoms with E-state index in [1.807, 2.05) is 23.1 Å². The van der Waals surface area contributed by atoms with Crippen molar-refractivity contribution in [3.05, 3.63) is 88.4 Å². The standard InChI is InChI=1S/C25H21BrClN3O3S/c26-19-8-12-22(13-9-19)34(31,32)24-25(33-23(28-24)18-6-10-20(27)11-7-18)30-16-14-29(15-17-30)21-4-2-1-3-5-21/h1-13H,14-17H2. The Balaban J connectivity index is 1.52. The van der Waals surface area contributed by atoms with Gasteiger partial charge in [0.15, 0.2) is 0 Å². The second-order valence-corrected chi connectivity index (χ2v) is 11.1. The summed E-state index contributed by atoms with van der Waals surface area (Å²) in [5.74, 6) is 0.508. The smallest absolute Gasteiger partial charge is 0.236 e. The molecule has 0 unspecified atom stereocenters. The van der Waals surface area contributed by atoms with Crippen LogP contribution in [0.2, 0.25) is 5.02 Å². The summed E-state index contributed by atoms with van der Waals surface area (Å²) in [5.41, 5.74) is 1.80. The van der Waals surface area contributed by atoms with Crippen LogP contribution in [0.1, 0.15) is 0 Å². The fraction of sp³-hybridized carbons (Fsp3) is 0.160. The summed E-state index contributed by atoms with van der Waals surface area (Å²) in [7, 11) is -3.90. The molecule has 1 aliphatic heterocycles. The fourth-order valence-corrected chi connectivity index (χ4v) is 5.63. The first kappa shape index (κ1) is 23.0. The topological polar surface area (TPSA) is 66.7 Å². The average Bonchev–Trinajstić information content (AvgIpc) is 3.32. The highest BCUT2D eigenvalue weighted by atomic mass is 79.9. The molecule has 1 aliphatic rings. The van der Waals surface area contributed by atoms with Crippen LogP contribution in [0.4, 0.5) is 11.6 Å². The number of piperazine rings is 1. The quantitative estimate of drug-likeness (QED) is 0.303. The van der Waals surface area contributed by atoms with Crippen molar-refractivity contribution < 1.29 is 12.8 Å². The highest BCUT2D eigenvalue weighted by Crippen LogP contribution is 2.36. The van der Waals surface area contributed by atoms with Gasteiger partial charge in [0, 0.05) is 46.9 Å². The van der Waals surface area contributed by atoms with Crippen LogP contribution in [0.15, 0.2) is 97.7 Å². The van der Waals surface area contributed by atoms with Crippen LogP contribution < -0.4 is 9.80 Å². The number of sulfone groups is 1. The number of benzene rings is 3. The van der Waals surface area contributed by atoms with Crippen LogP contribution in [-0.4, -0.2) is 39.6 Å². The van der Waals surface area contributed by atoms with Crippen molar-refractivity contribution in [1.82, 2.24) is 4.98 Å². The van der Waals surface area contributed by atoms with E-state index in [1.165, 1.54) is 0 Å². The van der Waals surface area contributed by atoms with Gasteiger partial charge in [0.25, 0.3) is 0 Å². The van der Waals surface area contributed by atoms with Crippen LogP contribution in [0.25, 0.3) is 11.5 Å². The lowest BCUT2D eigenvalue weighted by molar-refractivity contribution is 0.525. The van der Waals surface area contributed by atoms with E-state index in [9.17, 15) is 8.42 Å². The molecule has 0 bridgehead atoms. The Morgan fingerprint density at radius 2 is 1.44 bits per heavy atom. The van der Waals surface area contributed by atoms with Gasteiger partial charge in [-0.2, -0.15) is 4.98 Å². The molecule has 0 amide bonds. The third-order valence-electron chi connectivity index (χ3n) is 5.74. The van der Waals surface area contributed by atoms with Gasteiger partial charge < -0.3 is 14.2 Å². The van der Waals surface area contributed by atoms with Crippen molar-refractivity contribution in [2.45, 2.75) is 9.92 Å². The van der Waals surface area contributed by atoms with Crippen molar-refractivity contribution in [1.29, 1.82) is 0 Å². The molecule has 34 heavy (non-hydrogen) atoms. The van der Waals surface area contributed by atoms with Gasteiger partial charge in [-0.25, -0.2) is 8.42 Å². The number of oxazole rings is 1. The van der Waals surface area contributed by atoms with Gasteiger partial charge in [-0.05, 0) is 60.7 Å². The maximum absolute atomic E-state index is 13.6. The predicted octanol–water partition coefficient (Wildman–Crippen LogP) is 5.92. The van der Waals surface area contributed by atoms with Crippen LogP contribution >= 0.6 is 27.5 Å². The number of para-hydroxylation sites is 1. The van der Waals surface area contributed by atoms with E-state index < -0.39 is 9.84 Å². The molecule has 1 aromatic heterocycles. The Hall–Kier alpha value is -2.81. The van der Waals surface area contributed by atoms with Gasteiger partial charge in [-0.3, -0.25) is 0 Å². The van der Waals surface area contributed by atoms with Crippen molar-refractivity contribution in [2.24, 2.45) is 0 Å². The van der Waals surface area contributed by atoms with Crippen LogP contribution in [0.3, 0.4) is 0 Å². The zero-order chi connectivity index (χ0) is 23.7. The van der Waals surface area contributed by atoms with Gasteiger partial charge in [0.1, 0.15) is 0 Å². The molecule has 174 valence electrons. The van der Waals surface area contributed by atoms with Crippen molar-refractivity contribution in [2.75, 3.05) is 36.0 Å². The van der Waals surface area contributed by atoms with Gasteiger partial charge in [0.05, 0.1) is 4.90 Å². The number of anilines is 2. The van der Waals surface area contributed by atoms with Crippen LogP contribution in [-0.2, 0) is 9.84 Å². The Morgan fingerprint density at radius 1 is 0.824 bits per heavy atom. The monoisotopic (exact) mass is 557 g/mol. The second kappa shape index (κ2) is 9.44. The molecule has 3 aromatic carbocycles. The molecule has 0 aliphatic carbocycles. The highest BCUT2D eigenvalue weighted by molar-refractivity contribution is 9.10. The summed E-state index contributed by atoms with van der Waals surface area (Å²) < 4.78 is 34.1. The maximum Gasteiger partial charge on any atom is 0.236 e. The summed E-state index contributed by atoms with van der Waals surface area (Å²) in [6, 6.07) is 23.7. The molecule has 9 heteroatoms. The minimum absolute atomic E-state index is 0.0760. The van der Waals surface area contributed by atoms with E-state index in [0.29, 0.717) is 23.7 Å². The molecular weight excluding hydrogens is 538 g/mol. The molecule has 0 atom stereocenters. The largest absolute Gasteiger partial charge is 0.419 e. The second-order valence-electron chi connectivity index (χ2n) is 7.90. The summed E-state index contributed by atoms with van der Waals surface area (Å²) in [5, 5.41) is 0.503. The average molecular weight is 559 g/mol. The van der Waals surface area contributed by atoms with E-state index in [2.05, 4.69) is 37.9 Å². The van der Waals surface area contributed by atoms with Crippen LogP contribution in [0, 0.1) is 0 Å². The molecule has 5 rings (SSSR count). The highest BCUT2D eigenvalue weighted by Gasteiger charge is 2.33. The number of hydrogen-bond acceptors (Lipinski definition) is 6. The Labute approximate surface area is 211 Å². The Bertz CT molecular complexity index is 1380. The first-order valence-electron chi connectivity index (χ1n) is 10.7. The fourth-order valence-electron chi connectivity index (χ4n) is 3.92. The number of hydrogen-bond donors (Lipinski definition) is 0. The maximum atomic E-state index is 13.6. The number of rotatable bonds is 5. The van der Waals surface area contributed by atoms with Gasteiger partial charge >= 0.3 is 0 Å². The van der Waals surface area contributed by atoms with Gasteiger partial charge in [-0.1, -0.05) is 45.7 Å². The lowest BCUT2D eigenvalue weighted by Crippen LogP contribution is -2.46. The first-order chi connectivity index (χ1) is 16.4. The summed E-state index contributed by atoms with van der Waals surface area (Å²) in [4.78, 5) is 8.86. The lowest BCUT2D eigenvalue weighted by Gasteiger charge is -2.36. The Morgan fingerprint density at radius 3 is 2.09 bits per heavy atom. The Kier molecular flexibility index (Phi) is 6.38. The van der Waals surface area contributed by atoms with Crippen molar-refractivity contribution in [3.63, 3.8) is 0 Å². The number of halogens is 2. The molecule has 1 fully saturated rings. The lowest BCUT2D eigenvalue weighted by atomic mass is 10.2. The molecular formula is C25H21BrClN3O3S. The predicted molar refractivity (Wildman–Crippen MR) is 137 cm³/mol. The summed E-state index contributed by atoms with van der Waals surface area (Å²) in [6.45, 7) is 2.68. The van der Waals surface area contributed by atoms with E-state index >= 15 is 0 Å². The molecule has 2 heterocycles. The third kappa shape index (κ3) is 4.58. The minimum Gasteiger partial charge on any atom is -0.419 e. The molecule has 0 N–H and O–H groups in total. The van der Waals surface area contributed by atoms with Crippen molar-refractivity contribution >= 4 is 48.9 Å². The molecule has 0 spiro atoms. The first-order valence-corrected chi connectivity index (χ1v) is 13.4. The van der Waals surface area contributed by atoms with Crippen LogP contribution in [0.5, 0.6) is 0 Å². The van der Waals surface area contributed by atoms with E-state index in [1.54, 1.807) is 48.5 Å². The summed E-state index contributed by atoms with van der Waals surface area (Å²) >= 11 is 9.38. The minimum atomic E-state index is -3.90. The zero-order valence-corrected chi connectivity index (χ0v) is 21.2. The van der Waals surface area contributed by atoms with Crippen molar-refractivity contribution in [3.8, 4) is 11.5 Å². The molecule has 4 aromatic rings.